The van der Waals surface area contributed by atoms with Gasteiger partial charge < -0.3 is 18.9 Å². The van der Waals surface area contributed by atoms with E-state index >= 15 is 0 Å². The molecule has 0 aliphatic rings. The summed E-state index contributed by atoms with van der Waals surface area (Å²) >= 11 is 0. The fourth-order valence-electron chi connectivity index (χ4n) is 1.38. The summed E-state index contributed by atoms with van der Waals surface area (Å²) in [5.41, 5.74) is 8.04. The SMILES string of the molecule is [N-]=[N+]=NCCOCCOCCOCCOc1cccnc1[18F]. The van der Waals surface area contributed by atoms with Gasteiger partial charge in [-0.25, -0.2) is 4.98 Å². The Kier molecular flexibility index (Phi) is 10.5. The summed E-state index contributed by atoms with van der Waals surface area (Å²) in [6, 6.07) is 3.11. The van der Waals surface area contributed by atoms with Gasteiger partial charge in [-0.15, -0.1) is 0 Å². The summed E-state index contributed by atoms with van der Waals surface area (Å²) < 4.78 is 33.9. The smallest absolute Gasteiger partial charge is 0.255 e. The summed E-state index contributed by atoms with van der Waals surface area (Å²) in [5, 5.41) is 3.33. The van der Waals surface area contributed by atoms with Gasteiger partial charge in [0.1, 0.15) is 6.61 Å². The van der Waals surface area contributed by atoms with Crippen molar-refractivity contribution >= 4 is 0 Å². The predicted octanol–water partition coefficient (Wildman–Crippen LogP) is 1.96. The van der Waals surface area contributed by atoms with Gasteiger partial charge in [0.25, 0.3) is 5.95 Å². The van der Waals surface area contributed by atoms with E-state index in [0.717, 1.165) is 0 Å². The van der Waals surface area contributed by atoms with Crippen LogP contribution in [-0.2, 0) is 14.2 Å². The van der Waals surface area contributed by atoms with Crippen molar-refractivity contribution < 1.29 is 23.3 Å². The molecule has 0 bridgehead atoms. The fourth-order valence-corrected chi connectivity index (χ4v) is 1.38. The molecule has 0 N–H and O–H groups in total. The third kappa shape index (κ3) is 9.09. The molecule has 0 unspecified atom stereocenters. The molecule has 0 spiro atoms. The number of aromatic nitrogens is 1. The van der Waals surface area contributed by atoms with Gasteiger partial charge in [0.05, 0.1) is 39.6 Å². The van der Waals surface area contributed by atoms with Crippen molar-refractivity contribution in [1.29, 1.82) is 0 Å². The van der Waals surface area contributed by atoms with Crippen LogP contribution in [0.1, 0.15) is 0 Å². The zero-order valence-corrected chi connectivity index (χ0v) is 12.2. The number of halogens is 1. The highest BCUT2D eigenvalue weighted by Crippen LogP contribution is 2.12. The van der Waals surface area contributed by atoms with Crippen LogP contribution < -0.4 is 4.74 Å². The average Bonchev–Trinajstić information content (AvgIpc) is 2.53. The molecule has 0 radical (unpaired) electrons. The van der Waals surface area contributed by atoms with Crippen LogP contribution in [0.5, 0.6) is 5.75 Å². The van der Waals surface area contributed by atoms with Crippen LogP contribution in [-0.4, -0.2) is 57.8 Å². The summed E-state index contributed by atoms with van der Waals surface area (Å²) in [6.07, 6.45) is 1.36. The summed E-state index contributed by atoms with van der Waals surface area (Å²) in [6.45, 7) is 2.99. The molecular formula is C13H19FN4O4. The van der Waals surface area contributed by atoms with E-state index in [1.165, 1.54) is 12.3 Å². The molecule has 0 aromatic carbocycles. The largest absolute Gasteiger partial charge is 0.486 e. The Bertz CT molecular complexity index is 457. The van der Waals surface area contributed by atoms with Gasteiger partial charge >= 0.3 is 0 Å². The van der Waals surface area contributed by atoms with E-state index in [4.69, 9.17) is 24.5 Å². The van der Waals surface area contributed by atoms with Gasteiger partial charge in [0.15, 0.2) is 5.75 Å². The third-order valence-electron chi connectivity index (χ3n) is 2.35. The third-order valence-corrected chi connectivity index (χ3v) is 2.35. The van der Waals surface area contributed by atoms with Gasteiger partial charge in [-0.2, -0.15) is 4.39 Å². The molecular weight excluding hydrogens is 294 g/mol. The number of rotatable bonds is 13. The molecule has 8 nitrogen and oxygen atoms in total. The lowest BCUT2D eigenvalue weighted by atomic mass is 10.4. The summed E-state index contributed by atoms with van der Waals surface area (Å²) in [7, 11) is 0. The maximum absolute atomic E-state index is 13.1. The Hall–Kier alpha value is -1.93. The molecule has 1 rings (SSSR count). The fraction of sp³-hybridized carbons (Fsp3) is 0.615. The van der Waals surface area contributed by atoms with Crippen LogP contribution >= 0.6 is 0 Å². The van der Waals surface area contributed by atoms with Crippen molar-refractivity contribution in [2.45, 2.75) is 0 Å². The Morgan fingerprint density at radius 3 is 2.32 bits per heavy atom. The van der Waals surface area contributed by atoms with Gasteiger partial charge in [-0.1, -0.05) is 5.11 Å². The maximum atomic E-state index is 13.1. The first-order chi connectivity index (χ1) is 10.8. The summed E-state index contributed by atoms with van der Waals surface area (Å²) in [4.78, 5) is 6.08. The minimum absolute atomic E-state index is 0.111. The lowest BCUT2D eigenvalue weighted by molar-refractivity contribution is 0.0103. The first-order valence-electron chi connectivity index (χ1n) is 6.82. The molecule has 9 heteroatoms. The van der Waals surface area contributed by atoms with E-state index in [-0.39, 0.29) is 12.4 Å². The van der Waals surface area contributed by atoms with Crippen LogP contribution in [0.25, 0.3) is 10.4 Å². The Labute approximate surface area is 127 Å². The van der Waals surface area contributed by atoms with Crippen LogP contribution in [0.3, 0.4) is 0 Å². The first-order valence-corrected chi connectivity index (χ1v) is 6.82. The molecule has 0 saturated carbocycles. The molecule has 1 aromatic rings. The molecule has 0 atom stereocenters. The highest BCUT2D eigenvalue weighted by Gasteiger charge is 2.01. The zero-order valence-electron chi connectivity index (χ0n) is 12.2. The van der Waals surface area contributed by atoms with E-state index in [1.807, 2.05) is 0 Å². The number of ether oxygens (including phenoxy) is 4. The molecule has 1 heterocycles. The molecule has 0 amide bonds. The second-order valence-corrected chi connectivity index (χ2v) is 3.93. The number of hydrogen-bond donors (Lipinski definition) is 0. The second-order valence-electron chi connectivity index (χ2n) is 3.93. The first kappa shape index (κ1) is 18.1. The van der Waals surface area contributed by atoms with Crippen molar-refractivity contribution in [1.82, 2.24) is 4.98 Å². The molecule has 0 aliphatic carbocycles. The van der Waals surface area contributed by atoms with Crippen LogP contribution in [0, 0.1) is 5.95 Å². The van der Waals surface area contributed by atoms with E-state index in [9.17, 15) is 4.39 Å². The lowest BCUT2D eigenvalue weighted by Gasteiger charge is -2.08. The van der Waals surface area contributed by atoms with Crippen molar-refractivity contribution in [3.8, 4) is 5.75 Å². The Balaban J connectivity index is 1.84. The minimum atomic E-state index is -0.633. The van der Waals surface area contributed by atoms with E-state index in [0.29, 0.717) is 46.2 Å². The van der Waals surface area contributed by atoms with Crippen molar-refractivity contribution in [3.63, 3.8) is 0 Å². The molecule has 0 aliphatic heterocycles. The van der Waals surface area contributed by atoms with Gasteiger partial charge in [0, 0.05) is 17.7 Å². The van der Waals surface area contributed by atoms with Crippen LogP contribution in [0.4, 0.5) is 4.39 Å². The number of azide groups is 1. The summed E-state index contributed by atoms with van der Waals surface area (Å²) in [5.74, 6) is -0.522. The quantitative estimate of drug-likeness (QED) is 0.182. The van der Waals surface area contributed by atoms with Crippen LogP contribution in [0.15, 0.2) is 23.4 Å². The monoisotopic (exact) mass is 313 g/mol. The molecule has 1 aromatic heterocycles. The Morgan fingerprint density at radius 1 is 1.05 bits per heavy atom. The highest BCUT2D eigenvalue weighted by molar-refractivity contribution is 5.17. The number of pyridine rings is 1. The van der Waals surface area contributed by atoms with Crippen molar-refractivity contribution in [3.05, 3.63) is 34.7 Å². The van der Waals surface area contributed by atoms with Crippen molar-refractivity contribution in [2.75, 3.05) is 52.8 Å². The Morgan fingerprint density at radius 2 is 1.68 bits per heavy atom. The normalized spacial score (nSPS) is 10.2. The van der Waals surface area contributed by atoms with E-state index in [1.54, 1.807) is 6.07 Å². The highest BCUT2D eigenvalue weighted by atomic mass is 18.2. The van der Waals surface area contributed by atoms with Gasteiger partial charge in [-0.3, -0.25) is 0 Å². The lowest BCUT2D eigenvalue weighted by Crippen LogP contribution is -2.13. The number of nitrogens with zero attached hydrogens (tertiary/aromatic N) is 4. The van der Waals surface area contributed by atoms with Crippen LogP contribution in [0.2, 0.25) is 0 Å². The predicted molar refractivity (Wildman–Crippen MR) is 76.2 cm³/mol. The average molecular weight is 313 g/mol. The topological polar surface area (TPSA) is 98.6 Å². The maximum Gasteiger partial charge on any atom is 0.255 e. The molecule has 22 heavy (non-hydrogen) atoms. The standard InChI is InChI=1S/C13H19FN4O4/c14-13-12(2-1-3-16-13)22-11-10-21-9-8-20-7-6-19-5-4-17-18-15/h1-3H,4-11H2/i14-1. The molecule has 122 valence electrons. The number of hydrogen-bond acceptors (Lipinski definition) is 6. The second kappa shape index (κ2) is 12.8. The molecule has 0 saturated heterocycles. The molecule has 0 fully saturated rings. The zero-order chi connectivity index (χ0) is 15.9. The van der Waals surface area contributed by atoms with E-state index in [2.05, 4.69) is 15.0 Å². The van der Waals surface area contributed by atoms with Crippen molar-refractivity contribution in [2.24, 2.45) is 5.11 Å². The van der Waals surface area contributed by atoms with Gasteiger partial charge in [-0.05, 0) is 17.7 Å². The minimum Gasteiger partial charge on any atom is -0.486 e. The van der Waals surface area contributed by atoms with Gasteiger partial charge in [0.2, 0.25) is 0 Å². The van der Waals surface area contributed by atoms with E-state index < -0.39 is 5.95 Å².